The molecule has 58 heavy (non-hydrogen) atoms. The van der Waals surface area contributed by atoms with Gasteiger partial charge in [-0.1, -0.05) is 46.2 Å². The molecule has 320 valence electrons. The molecule has 1 saturated heterocycles. The molecule has 2 aromatic rings. The summed E-state index contributed by atoms with van der Waals surface area (Å²) in [6.07, 6.45) is 8.91. The fraction of sp³-hybridized carbons (Fsp3) is 0.628. The highest BCUT2D eigenvalue weighted by atomic mass is 32.1. The molecule has 3 amide bonds. The summed E-state index contributed by atoms with van der Waals surface area (Å²) in [6.45, 7) is 13.0. The van der Waals surface area contributed by atoms with Crippen molar-refractivity contribution in [2.75, 3.05) is 25.5 Å². The van der Waals surface area contributed by atoms with Crippen LogP contribution in [-0.2, 0) is 40.0 Å². The Morgan fingerprint density at radius 1 is 1.12 bits per heavy atom. The van der Waals surface area contributed by atoms with E-state index in [1.165, 1.54) is 24.1 Å². The number of carboxylic acids is 1. The first-order valence-corrected chi connectivity index (χ1v) is 21.1. The highest BCUT2D eigenvalue weighted by Crippen LogP contribution is 2.35. The standard InChI is InChI=1S/C43H63N5O9S/c1-10-12-15-22-56-48(41(53)37(28(5)11-2)39(52)46-36-16-13-14-21-47(36)9)33(27(3)4)24-34(57-29(6)49)40-45-35(26-58-40)44-38(51)31(25-43(7,8)42(54)55)23-30-17-19-32(50)20-18-30/h1,17-20,26-28,31,33-34,36-37,50H,11-16,21-25H2,2-9H3,(H,44,51)(H,46,52)(H,54,55)/t28-,31-,33+,34+,36+,37-/m0/s1. The second-order valence-corrected chi connectivity index (χ2v) is 17.2. The number of thiazole rings is 1. The molecular weight excluding hydrogens is 763 g/mol. The Bertz CT molecular complexity index is 1720. The molecule has 15 heteroatoms. The smallest absolute Gasteiger partial charge is 0.309 e. The van der Waals surface area contributed by atoms with Crippen LogP contribution in [0.2, 0.25) is 0 Å². The minimum absolute atomic E-state index is 0.0242. The number of piperidine rings is 1. The number of amides is 3. The van der Waals surface area contributed by atoms with E-state index in [4.69, 9.17) is 16.0 Å². The molecule has 2 heterocycles. The summed E-state index contributed by atoms with van der Waals surface area (Å²) in [5.74, 6) is -2.48. The molecule has 1 aromatic heterocycles. The number of benzene rings is 1. The maximum atomic E-state index is 14.7. The van der Waals surface area contributed by atoms with E-state index in [-0.39, 0.29) is 61.3 Å². The van der Waals surface area contributed by atoms with Crippen LogP contribution in [0.1, 0.15) is 117 Å². The normalized spacial score (nSPS) is 17.3. The van der Waals surface area contributed by atoms with Gasteiger partial charge in [-0.15, -0.1) is 23.7 Å². The van der Waals surface area contributed by atoms with Crippen LogP contribution in [0.5, 0.6) is 5.75 Å². The van der Waals surface area contributed by atoms with Gasteiger partial charge in [0.25, 0.3) is 5.91 Å². The van der Waals surface area contributed by atoms with Gasteiger partial charge in [0.2, 0.25) is 11.8 Å². The van der Waals surface area contributed by atoms with Crippen LogP contribution in [0, 0.1) is 41.4 Å². The Hall–Kier alpha value is -4.52. The fourth-order valence-electron chi connectivity index (χ4n) is 7.01. The van der Waals surface area contributed by atoms with Gasteiger partial charge in [0.1, 0.15) is 22.5 Å². The number of phenolic OH excluding ortho intramolecular Hbond substituents is 1. The first-order valence-electron chi connectivity index (χ1n) is 20.2. The molecule has 0 saturated carbocycles. The molecule has 1 aromatic carbocycles. The van der Waals surface area contributed by atoms with Crippen molar-refractivity contribution in [3.63, 3.8) is 0 Å². The van der Waals surface area contributed by atoms with Crippen LogP contribution in [-0.4, -0.2) is 87.2 Å². The summed E-state index contributed by atoms with van der Waals surface area (Å²) in [6, 6.07) is 5.68. The monoisotopic (exact) mass is 825 g/mol. The van der Waals surface area contributed by atoms with Gasteiger partial charge in [-0.3, -0.25) is 33.7 Å². The Morgan fingerprint density at radius 2 is 1.81 bits per heavy atom. The quantitative estimate of drug-likeness (QED) is 0.0331. The lowest BCUT2D eigenvalue weighted by atomic mass is 9.80. The van der Waals surface area contributed by atoms with E-state index in [1.54, 1.807) is 31.4 Å². The molecule has 1 fully saturated rings. The molecule has 4 N–H and O–H groups in total. The number of rotatable bonds is 22. The molecule has 0 radical (unpaired) electrons. The largest absolute Gasteiger partial charge is 0.508 e. The van der Waals surface area contributed by atoms with Gasteiger partial charge in [-0.25, -0.2) is 10.0 Å². The molecule has 0 spiro atoms. The van der Waals surface area contributed by atoms with E-state index >= 15 is 0 Å². The van der Waals surface area contributed by atoms with Crippen molar-refractivity contribution >= 4 is 46.8 Å². The first kappa shape index (κ1) is 47.9. The van der Waals surface area contributed by atoms with Crippen molar-refractivity contribution in [1.82, 2.24) is 20.3 Å². The Balaban J connectivity index is 1.94. The SMILES string of the molecule is C#CCCCON(C(=O)[C@H](C(=O)N[C@H]1CCCCN1C)[C@@H](C)CC)[C@H](C[C@@H](OC(C)=O)c1nc(NC(=O)[C@@H](Cc2ccc(O)cc2)CC(C)(C)C(=O)O)cs1)C(C)C. The summed E-state index contributed by atoms with van der Waals surface area (Å²) in [4.78, 5) is 80.1. The number of carboxylic acid groups (broad SMARTS) is 1. The van der Waals surface area contributed by atoms with Crippen LogP contribution in [0.15, 0.2) is 29.6 Å². The van der Waals surface area contributed by atoms with Crippen molar-refractivity contribution in [3.05, 3.63) is 40.2 Å². The molecule has 1 aliphatic heterocycles. The van der Waals surface area contributed by atoms with Gasteiger partial charge in [0.15, 0.2) is 6.10 Å². The topological polar surface area (TPSA) is 188 Å². The first-order chi connectivity index (χ1) is 27.4. The number of hydrogen-bond donors (Lipinski definition) is 4. The number of hydroxylamine groups is 2. The second-order valence-electron chi connectivity index (χ2n) is 16.3. The number of nitrogens with one attached hydrogen (secondary N) is 2. The van der Waals surface area contributed by atoms with E-state index in [9.17, 15) is 34.2 Å². The minimum atomic E-state index is -1.22. The molecule has 0 unspecified atom stereocenters. The molecule has 6 atom stereocenters. The van der Waals surface area contributed by atoms with Gasteiger partial charge in [-0.05, 0) is 95.5 Å². The summed E-state index contributed by atoms with van der Waals surface area (Å²) in [5, 5.41) is 28.8. The van der Waals surface area contributed by atoms with Gasteiger partial charge >= 0.3 is 11.9 Å². The van der Waals surface area contributed by atoms with E-state index in [0.29, 0.717) is 24.3 Å². The minimum Gasteiger partial charge on any atom is -0.508 e. The average Bonchev–Trinajstić information content (AvgIpc) is 3.63. The van der Waals surface area contributed by atoms with E-state index < -0.39 is 53.1 Å². The maximum Gasteiger partial charge on any atom is 0.309 e. The van der Waals surface area contributed by atoms with Crippen LogP contribution < -0.4 is 10.6 Å². The number of ether oxygens (including phenoxy) is 1. The summed E-state index contributed by atoms with van der Waals surface area (Å²) < 4.78 is 5.83. The summed E-state index contributed by atoms with van der Waals surface area (Å²) >= 11 is 1.15. The number of aliphatic carboxylic acids is 1. The van der Waals surface area contributed by atoms with Crippen molar-refractivity contribution in [3.8, 4) is 18.1 Å². The van der Waals surface area contributed by atoms with E-state index in [0.717, 1.165) is 42.7 Å². The summed E-state index contributed by atoms with van der Waals surface area (Å²) in [5.41, 5.74) is -0.478. The molecule has 3 rings (SSSR count). The van der Waals surface area contributed by atoms with Crippen LogP contribution in [0.25, 0.3) is 0 Å². The number of esters is 1. The number of nitrogens with zero attached hydrogens (tertiary/aromatic N) is 3. The van der Waals surface area contributed by atoms with E-state index in [1.807, 2.05) is 34.7 Å². The predicted octanol–water partition coefficient (Wildman–Crippen LogP) is 6.56. The molecule has 0 aliphatic carbocycles. The lowest BCUT2D eigenvalue weighted by molar-refractivity contribution is -0.215. The number of carbonyl (C=O) groups is 5. The van der Waals surface area contributed by atoms with Crippen molar-refractivity contribution in [2.24, 2.45) is 29.1 Å². The molecule has 1 aliphatic rings. The number of anilines is 1. The number of aromatic nitrogens is 1. The highest BCUT2D eigenvalue weighted by molar-refractivity contribution is 7.10. The third kappa shape index (κ3) is 14.1. The van der Waals surface area contributed by atoms with Crippen molar-refractivity contribution in [1.29, 1.82) is 0 Å². The van der Waals surface area contributed by atoms with Gasteiger partial charge in [0.05, 0.1) is 24.2 Å². The van der Waals surface area contributed by atoms with Crippen LogP contribution in [0.3, 0.4) is 0 Å². The number of unbranched alkanes of at least 4 members (excludes halogenated alkanes) is 1. The Labute approximate surface area is 347 Å². The van der Waals surface area contributed by atoms with E-state index in [2.05, 4.69) is 26.4 Å². The lowest BCUT2D eigenvalue weighted by Gasteiger charge is -2.38. The number of phenols is 1. The molecular formula is C43H63N5O9S. The lowest BCUT2D eigenvalue weighted by Crippen LogP contribution is -2.55. The van der Waals surface area contributed by atoms with Crippen molar-refractivity contribution < 1.29 is 43.8 Å². The third-order valence-corrected chi connectivity index (χ3v) is 11.7. The zero-order valence-corrected chi connectivity index (χ0v) is 36.1. The number of hydrogen-bond acceptors (Lipinski definition) is 11. The van der Waals surface area contributed by atoms with Crippen LogP contribution in [0.4, 0.5) is 5.82 Å². The number of likely N-dealkylation sites (tertiary alicyclic amines) is 1. The van der Waals surface area contributed by atoms with Gasteiger partial charge < -0.3 is 25.6 Å². The average molecular weight is 826 g/mol. The Kier molecular flexibility index (Phi) is 18.6. The highest BCUT2D eigenvalue weighted by Gasteiger charge is 2.42. The number of carbonyl (C=O) groups excluding carboxylic acids is 4. The predicted molar refractivity (Wildman–Crippen MR) is 222 cm³/mol. The maximum absolute atomic E-state index is 14.7. The fourth-order valence-corrected chi connectivity index (χ4v) is 7.81. The zero-order valence-electron chi connectivity index (χ0n) is 35.3. The van der Waals surface area contributed by atoms with Crippen LogP contribution >= 0.6 is 11.3 Å². The Morgan fingerprint density at radius 3 is 2.40 bits per heavy atom. The zero-order chi connectivity index (χ0) is 43.2. The number of terminal acetylenes is 1. The molecule has 14 nitrogen and oxygen atoms in total. The number of aromatic hydroxyl groups is 1. The summed E-state index contributed by atoms with van der Waals surface area (Å²) in [7, 11) is 1.96. The molecule has 0 bridgehead atoms. The second kappa shape index (κ2) is 22.6. The van der Waals surface area contributed by atoms with Gasteiger partial charge in [0, 0.05) is 31.1 Å². The third-order valence-electron chi connectivity index (χ3n) is 10.8. The van der Waals surface area contributed by atoms with Crippen molar-refractivity contribution in [2.45, 2.75) is 125 Å². The van der Waals surface area contributed by atoms with Gasteiger partial charge in [-0.2, -0.15) is 0 Å².